The fourth-order valence-corrected chi connectivity index (χ4v) is 6.16. The van der Waals surface area contributed by atoms with Crippen molar-refractivity contribution in [2.75, 3.05) is 6.61 Å². The van der Waals surface area contributed by atoms with Gasteiger partial charge in [0.1, 0.15) is 0 Å². The maximum Gasteiger partial charge on any atom is 0.305 e. The highest BCUT2D eigenvalue weighted by molar-refractivity contribution is 5.69. The second-order valence-electron chi connectivity index (χ2n) is 13.8. The lowest BCUT2D eigenvalue weighted by Crippen LogP contribution is -2.05. The molecule has 0 amide bonds. The van der Waals surface area contributed by atoms with Crippen molar-refractivity contribution >= 4 is 11.9 Å². The number of esters is 1. The number of carboxylic acids is 1. The molecule has 0 aromatic carbocycles. The predicted octanol–water partition coefficient (Wildman–Crippen LogP) is 13.8. The summed E-state index contributed by atoms with van der Waals surface area (Å²) in [5.41, 5.74) is 0. The summed E-state index contributed by atoms with van der Waals surface area (Å²) in [4.78, 5) is 22.4. The summed E-state index contributed by atoms with van der Waals surface area (Å²) in [7, 11) is 0. The highest BCUT2D eigenvalue weighted by Crippen LogP contribution is 2.15. The van der Waals surface area contributed by atoms with Gasteiger partial charge in [0.2, 0.25) is 0 Å². The Bertz CT molecular complexity index is 629. The molecule has 4 nitrogen and oxygen atoms in total. The van der Waals surface area contributed by atoms with E-state index in [1.54, 1.807) is 0 Å². The Morgan fingerprint density at radius 3 is 1.11 bits per heavy atom. The van der Waals surface area contributed by atoms with Crippen LogP contribution in [0.15, 0.2) is 12.2 Å². The predicted molar refractivity (Wildman–Crippen MR) is 195 cm³/mol. The van der Waals surface area contributed by atoms with E-state index in [1.807, 2.05) is 0 Å². The van der Waals surface area contributed by atoms with Gasteiger partial charge in [0, 0.05) is 12.8 Å². The summed E-state index contributed by atoms with van der Waals surface area (Å²) in [5.74, 6) is -0.654. The standard InChI is InChI=1S/C41H78O4/c1-2-3-4-5-6-7-8-9-16-20-23-26-29-32-35-38-41(44)45-39-36-33-30-27-24-21-18-15-13-11-10-12-14-17-19-22-25-28-31-34-37-40(42)43/h9,16H,2-8,10-15,17-39H2,1H3,(H,42,43)/b16-9-. The van der Waals surface area contributed by atoms with Crippen LogP contribution in [0.5, 0.6) is 0 Å². The maximum absolute atomic E-state index is 12.0. The number of rotatable bonds is 38. The zero-order valence-corrected chi connectivity index (χ0v) is 30.3. The van der Waals surface area contributed by atoms with Gasteiger partial charge >= 0.3 is 11.9 Å². The van der Waals surface area contributed by atoms with E-state index < -0.39 is 5.97 Å². The Labute approximate surface area is 281 Å². The van der Waals surface area contributed by atoms with Crippen LogP contribution in [0.2, 0.25) is 0 Å². The summed E-state index contributed by atoms with van der Waals surface area (Å²) in [6.45, 7) is 2.89. The fourth-order valence-electron chi connectivity index (χ4n) is 6.16. The van der Waals surface area contributed by atoms with Gasteiger partial charge in [-0.2, -0.15) is 0 Å². The van der Waals surface area contributed by atoms with Gasteiger partial charge in [-0.15, -0.1) is 0 Å². The van der Waals surface area contributed by atoms with Crippen molar-refractivity contribution in [2.24, 2.45) is 0 Å². The summed E-state index contributed by atoms with van der Waals surface area (Å²) < 4.78 is 5.44. The van der Waals surface area contributed by atoms with Gasteiger partial charge in [-0.1, -0.05) is 186 Å². The number of hydrogen-bond acceptors (Lipinski definition) is 3. The van der Waals surface area contributed by atoms with Gasteiger partial charge < -0.3 is 9.84 Å². The molecule has 0 fully saturated rings. The third-order valence-electron chi connectivity index (χ3n) is 9.19. The van der Waals surface area contributed by atoms with Crippen LogP contribution < -0.4 is 0 Å². The first kappa shape index (κ1) is 43.7. The minimum Gasteiger partial charge on any atom is -0.481 e. The molecule has 0 aliphatic rings. The normalized spacial score (nSPS) is 11.5. The van der Waals surface area contributed by atoms with Gasteiger partial charge in [-0.05, 0) is 44.9 Å². The highest BCUT2D eigenvalue weighted by atomic mass is 16.5. The SMILES string of the molecule is CCCCCCCC/C=C\CCCCCCCC(=O)OCCCCCCCCCCCCCCCCCCCCCCC(=O)O. The summed E-state index contributed by atoms with van der Waals surface area (Å²) in [6, 6.07) is 0. The molecular formula is C41H78O4. The molecule has 0 aromatic rings. The van der Waals surface area contributed by atoms with Gasteiger partial charge in [-0.3, -0.25) is 9.59 Å². The van der Waals surface area contributed by atoms with Gasteiger partial charge in [0.25, 0.3) is 0 Å². The van der Waals surface area contributed by atoms with Crippen LogP contribution in [0.3, 0.4) is 0 Å². The molecule has 0 saturated heterocycles. The van der Waals surface area contributed by atoms with E-state index in [9.17, 15) is 9.59 Å². The third-order valence-corrected chi connectivity index (χ3v) is 9.19. The van der Waals surface area contributed by atoms with Crippen molar-refractivity contribution in [3.05, 3.63) is 12.2 Å². The third kappa shape index (κ3) is 40.7. The van der Waals surface area contributed by atoms with E-state index in [0.717, 1.165) is 32.1 Å². The number of aliphatic carboxylic acids is 1. The Hall–Kier alpha value is -1.32. The van der Waals surface area contributed by atoms with E-state index in [2.05, 4.69) is 19.1 Å². The highest BCUT2D eigenvalue weighted by Gasteiger charge is 2.03. The van der Waals surface area contributed by atoms with E-state index >= 15 is 0 Å². The number of carbonyl (C=O) groups is 2. The molecule has 0 aromatic heterocycles. The number of allylic oxidation sites excluding steroid dienone is 2. The zero-order chi connectivity index (χ0) is 32.7. The van der Waals surface area contributed by atoms with E-state index in [0.29, 0.717) is 19.4 Å². The second kappa shape index (κ2) is 38.9. The van der Waals surface area contributed by atoms with Crippen LogP contribution >= 0.6 is 0 Å². The van der Waals surface area contributed by atoms with Gasteiger partial charge in [-0.25, -0.2) is 0 Å². The molecule has 0 aliphatic carbocycles. The average Bonchev–Trinajstić information content (AvgIpc) is 3.03. The molecule has 266 valence electrons. The largest absolute Gasteiger partial charge is 0.481 e. The van der Waals surface area contributed by atoms with Crippen LogP contribution in [0.25, 0.3) is 0 Å². The van der Waals surface area contributed by atoms with Crippen LogP contribution in [-0.2, 0) is 14.3 Å². The first-order chi connectivity index (χ1) is 22.2. The quantitative estimate of drug-likeness (QED) is 0.0417. The van der Waals surface area contributed by atoms with Crippen molar-refractivity contribution in [3.8, 4) is 0 Å². The molecule has 4 heteroatoms. The van der Waals surface area contributed by atoms with Crippen molar-refractivity contribution in [2.45, 2.75) is 232 Å². The van der Waals surface area contributed by atoms with Crippen molar-refractivity contribution < 1.29 is 19.4 Å². The molecule has 0 unspecified atom stereocenters. The molecule has 0 atom stereocenters. The number of unbranched alkanes of at least 4 members (excludes halogenated alkanes) is 30. The Balaban J connectivity index is 3.17. The molecule has 0 saturated carbocycles. The van der Waals surface area contributed by atoms with Gasteiger partial charge in [0.15, 0.2) is 0 Å². The summed E-state index contributed by atoms with van der Waals surface area (Å²) in [5, 5.41) is 8.64. The lowest BCUT2D eigenvalue weighted by Gasteiger charge is -2.06. The zero-order valence-electron chi connectivity index (χ0n) is 30.3. The first-order valence-corrected chi connectivity index (χ1v) is 20.2. The Morgan fingerprint density at radius 1 is 0.422 bits per heavy atom. The van der Waals surface area contributed by atoms with Crippen molar-refractivity contribution in [1.29, 1.82) is 0 Å². The maximum atomic E-state index is 12.0. The molecule has 1 N–H and O–H groups in total. The minimum absolute atomic E-state index is 0.00549. The van der Waals surface area contributed by atoms with E-state index in [-0.39, 0.29) is 5.97 Å². The van der Waals surface area contributed by atoms with E-state index in [1.165, 1.54) is 180 Å². The molecule has 0 spiro atoms. The topological polar surface area (TPSA) is 63.6 Å². The lowest BCUT2D eigenvalue weighted by atomic mass is 10.0. The van der Waals surface area contributed by atoms with E-state index in [4.69, 9.17) is 9.84 Å². The number of carbonyl (C=O) groups excluding carboxylic acids is 1. The molecule has 0 radical (unpaired) electrons. The molecular weight excluding hydrogens is 556 g/mol. The van der Waals surface area contributed by atoms with Crippen LogP contribution in [-0.4, -0.2) is 23.7 Å². The fraction of sp³-hybridized carbons (Fsp3) is 0.902. The summed E-state index contributed by atoms with van der Waals surface area (Å²) in [6.07, 6.45) is 48.1. The summed E-state index contributed by atoms with van der Waals surface area (Å²) >= 11 is 0. The lowest BCUT2D eigenvalue weighted by molar-refractivity contribution is -0.144. The van der Waals surface area contributed by atoms with Crippen LogP contribution in [0, 0.1) is 0 Å². The van der Waals surface area contributed by atoms with Gasteiger partial charge in [0.05, 0.1) is 6.61 Å². The molecule has 0 rings (SSSR count). The molecule has 45 heavy (non-hydrogen) atoms. The minimum atomic E-state index is -0.659. The Morgan fingerprint density at radius 2 is 0.733 bits per heavy atom. The van der Waals surface area contributed by atoms with Crippen molar-refractivity contribution in [3.63, 3.8) is 0 Å². The van der Waals surface area contributed by atoms with Crippen molar-refractivity contribution in [1.82, 2.24) is 0 Å². The molecule has 0 bridgehead atoms. The second-order valence-corrected chi connectivity index (χ2v) is 13.8. The molecule has 0 aliphatic heterocycles. The first-order valence-electron chi connectivity index (χ1n) is 20.2. The van der Waals surface area contributed by atoms with Crippen LogP contribution in [0.1, 0.15) is 232 Å². The van der Waals surface area contributed by atoms with Crippen LogP contribution in [0.4, 0.5) is 0 Å². The smallest absolute Gasteiger partial charge is 0.305 e. The monoisotopic (exact) mass is 635 g/mol. The molecule has 0 heterocycles. The Kier molecular flexibility index (Phi) is 37.7. The number of hydrogen-bond donors (Lipinski definition) is 1. The average molecular weight is 635 g/mol. The number of carboxylic acid groups (broad SMARTS) is 1. The number of ether oxygens (including phenoxy) is 1.